The quantitative estimate of drug-likeness (QED) is 0.613. The van der Waals surface area contributed by atoms with Gasteiger partial charge in [-0.1, -0.05) is 48.0 Å². The van der Waals surface area contributed by atoms with Crippen LogP contribution in [0.4, 0.5) is 5.95 Å². The first-order chi connectivity index (χ1) is 14.2. The van der Waals surface area contributed by atoms with E-state index in [0.717, 1.165) is 50.7 Å². The number of aromatic nitrogens is 2. The number of carbonyl (C=O) groups is 1. The minimum Gasteiger partial charge on any atom is -0.339 e. The van der Waals surface area contributed by atoms with Crippen molar-refractivity contribution in [2.75, 3.05) is 31.1 Å². The zero-order valence-corrected chi connectivity index (χ0v) is 17.1. The van der Waals surface area contributed by atoms with Crippen molar-refractivity contribution >= 4 is 23.5 Å². The molecule has 5 nitrogen and oxygen atoms in total. The van der Waals surface area contributed by atoms with E-state index in [1.54, 1.807) is 6.20 Å². The van der Waals surface area contributed by atoms with Crippen molar-refractivity contribution < 1.29 is 4.79 Å². The monoisotopic (exact) mass is 408 g/mol. The highest BCUT2D eigenvalue weighted by Gasteiger charge is 2.23. The van der Waals surface area contributed by atoms with Gasteiger partial charge in [0.2, 0.25) is 11.9 Å². The van der Waals surface area contributed by atoms with E-state index in [0.29, 0.717) is 11.4 Å². The lowest BCUT2D eigenvalue weighted by atomic mass is 10.1. The molecular formula is C23H25ClN4O. The zero-order valence-electron chi connectivity index (χ0n) is 16.4. The number of carbonyl (C=O) groups excluding carboxylic acids is 1. The maximum Gasteiger partial charge on any atom is 0.222 e. The van der Waals surface area contributed by atoms with Gasteiger partial charge in [0.1, 0.15) is 0 Å². The zero-order chi connectivity index (χ0) is 20.1. The second-order valence-electron chi connectivity index (χ2n) is 7.28. The largest absolute Gasteiger partial charge is 0.339 e. The molecule has 4 rings (SSSR count). The number of piperazine rings is 1. The molecule has 0 atom stereocenters. The molecular weight excluding hydrogens is 384 g/mol. The third-order valence-corrected chi connectivity index (χ3v) is 5.56. The molecule has 0 aliphatic carbocycles. The standard InChI is InChI=1S/C23H25ClN4O/c24-20-9-5-10-21(18-20)28-13-12-25-23(28)27-16-14-26(15-17-27)22(29)11-4-8-19-6-2-1-3-7-19/h1-3,5-7,9-10,12-13,18H,4,8,11,14-17H2. The van der Waals surface area contributed by atoms with E-state index in [2.05, 4.69) is 22.0 Å². The Balaban J connectivity index is 1.31. The molecule has 3 aromatic rings. The molecule has 2 aromatic carbocycles. The molecule has 1 saturated heterocycles. The maximum atomic E-state index is 12.6. The summed E-state index contributed by atoms with van der Waals surface area (Å²) < 4.78 is 2.04. The van der Waals surface area contributed by atoms with Gasteiger partial charge in [-0.25, -0.2) is 4.98 Å². The SMILES string of the molecule is O=C(CCCc1ccccc1)N1CCN(c2nccn2-c2cccc(Cl)c2)CC1. The van der Waals surface area contributed by atoms with Crippen LogP contribution in [0.25, 0.3) is 5.69 Å². The molecule has 0 N–H and O–H groups in total. The van der Waals surface area contributed by atoms with Gasteiger partial charge in [-0.3, -0.25) is 9.36 Å². The van der Waals surface area contributed by atoms with Crippen LogP contribution >= 0.6 is 11.6 Å². The normalized spacial score (nSPS) is 14.2. The van der Waals surface area contributed by atoms with Crippen LogP contribution in [0, 0.1) is 0 Å². The molecule has 0 spiro atoms. The highest BCUT2D eigenvalue weighted by Crippen LogP contribution is 2.22. The van der Waals surface area contributed by atoms with Crippen LogP contribution in [0.3, 0.4) is 0 Å². The van der Waals surface area contributed by atoms with Gasteiger partial charge >= 0.3 is 0 Å². The summed E-state index contributed by atoms with van der Waals surface area (Å²) in [5.74, 6) is 1.14. The number of hydrogen-bond acceptors (Lipinski definition) is 3. The summed E-state index contributed by atoms with van der Waals surface area (Å²) in [5, 5.41) is 0.702. The fraction of sp³-hybridized carbons (Fsp3) is 0.304. The second kappa shape index (κ2) is 9.14. The molecule has 1 aromatic heterocycles. The van der Waals surface area contributed by atoms with Gasteiger partial charge in [0, 0.05) is 55.7 Å². The highest BCUT2D eigenvalue weighted by atomic mass is 35.5. The molecule has 1 aliphatic heterocycles. The molecule has 0 radical (unpaired) electrons. The predicted octanol–water partition coefficient (Wildman–Crippen LogP) is 4.20. The molecule has 1 aliphatic rings. The maximum absolute atomic E-state index is 12.6. The van der Waals surface area contributed by atoms with Crippen molar-refractivity contribution in [3.63, 3.8) is 0 Å². The van der Waals surface area contributed by atoms with Gasteiger partial charge in [0.25, 0.3) is 0 Å². The van der Waals surface area contributed by atoms with E-state index < -0.39 is 0 Å². The average molecular weight is 409 g/mol. The number of amides is 1. The summed E-state index contributed by atoms with van der Waals surface area (Å²) in [6.07, 6.45) is 6.19. The molecule has 150 valence electrons. The minimum absolute atomic E-state index is 0.249. The molecule has 0 unspecified atom stereocenters. The number of rotatable bonds is 6. The Morgan fingerprint density at radius 1 is 1.00 bits per heavy atom. The first-order valence-corrected chi connectivity index (χ1v) is 10.4. The van der Waals surface area contributed by atoms with Gasteiger partial charge < -0.3 is 9.80 Å². The summed E-state index contributed by atoms with van der Waals surface area (Å²) in [6.45, 7) is 3.02. The topological polar surface area (TPSA) is 41.4 Å². The van der Waals surface area contributed by atoms with Crippen LogP contribution in [0.15, 0.2) is 67.0 Å². The Morgan fingerprint density at radius 2 is 1.79 bits per heavy atom. The molecule has 6 heteroatoms. The summed E-state index contributed by atoms with van der Waals surface area (Å²) in [6, 6.07) is 18.1. The van der Waals surface area contributed by atoms with Crippen molar-refractivity contribution in [2.24, 2.45) is 0 Å². The van der Waals surface area contributed by atoms with Crippen LogP contribution in [-0.4, -0.2) is 46.5 Å². The number of imidazole rings is 1. The Bertz CT molecular complexity index is 948. The fourth-order valence-corrected chi connectivity index (χ4v) is 3.94. The lowest BCUT2D eigenvalue weighted by molar-refractivity contribution is -0.131. The predicted molar refractivity (Wildman–Crippen MR) is 117 cm³/mol. The van der Waals surface area contributed by atoms with E-state index in [-0.39, 0.29) is 5.91 Å². The number of benzene rings is 2. The second-order valence-corrected chi connectivity index (χ2v) is 7.72. The smallest absolute Gasteiger partial charge is 0.222 e. The van der Waals surface area contributed by atoms with Crippen molar-refractivity contribution in [2.45, 2.75) is 19.3 Å². The van der Waals surface area contributed by atoms with Gasteiger partial charge in [-0.2, -0.15) is 0 Å². The van der Waals surface area contributed by atoms with E-state index >= 15 is 0 Å². The summed E-state index contributed by atoms with van der Waals surface area (Å²) >= 11 is 6.14. The number of halogens is 1. The third-order valence-electron chi connectivity index (χ3n) is 5.32. The Labute approximate surface area is 176 Å². The van der Waals surface area contributed by atoms with Crippen LogP contribution in [0.5, 0.6) is 0 Å². The van der Waals surface area contributed by atoms with E-state index in [1.807, 2.05) is 58.1 Å². The van der Waals surface area contributed by atoms with Crippen molar-refractivity contribution in [3.05, 3.63) is 77.6 Å². The fourth-order valence-electron chi connectivity index (χ4n) is 3.76. The molecule has 0 bridgehead atoms. The molecule has 29 heavy (non-hydrogen) atoms. The first-order valence-electron chi connectivity index (χ1n) is 10.1. The molecule has 2 heterocycles. The number of anilines is 1. The molecule has 0 saturated carbocycles. The number of nitrogens with zero attached hydrogens (tertiary/aromatic N) is 4. The molecule has 1 fully saturated rings. The Kier molecular flexibility index (Phi) is 6.15. The summed E-state index contributed by atoms with van der Waals surface area (Å²) in [7, 11) is 0. The number of aryl methyl sites for hydroxylation is 1. The minimum atomic E-state index is 0.249. The van der Waals surface area contributed by atoms with Crippen LogP contribution < -0.4 is 4.90 Å². The van der Waals surface area contributed by atoms with Gasteiger partial charge in [0.05, 0.1) is 0 Å². The number of hydrogen-bond donors (Lipinski definition) is 0. The van der Waals surface area contributed by atoms with Crippen molar-refractivity contribution in [3.8, 4) is 5.69 Å². The van der Waals surface area contributed by atoms with Crippen LogP contribution in [-0.2, 0) is 11.2 Å². The van der Waals surface area contributed by atoms with E-state index in [1.165, 1.54) is 5.56 Å². The van der Waals surface area contributed by atoms with E-state index in [4.69, 9.17) is 11.6 Å². The summed E-state index contributed by atoms with van der Waals surface area (Å²) in [5.41, 5.74) is 2.28. The first kappa shape index (κ1) is 19.5. The Morgan fingerprint density at radius 3 is 2.55 bits per heavy atom. The van der Waals surface area contributed by atoms with Crippen LogP contribution in [0.1, 0.15) is 18.4 Å². The van der Waals surface area contributed by atoms with Gasteiger partial charge in [-0.15, -0.1) is 0 Å². The van der Waals surface area contributed by atoms with Crippen molar-refractivity contribution in [1.29, 1.82) is 0 Å². The van der Waals surface area contributed by atoms with Gasteiger partial charge in [-0.05, 0) is 36.6 Å². The molecule has 1 amide bonds. The van der Waals surface area contributed by atoms with Crippen molar-refractivity contribution in [1.82, 2.24) is 14.5 Å². The average Bonchev–Trinajstić information content (AvgIpc) is 3.24. The lowest BCUT2D eigenvalue weighted by Crippen LogP contribution is -2.49. The highest BCUT2D eigenvalue weighted by molar-refractivity contribution is 6.30. The van der Waals surface area contributed by atoms with Crippen LogP contribution in [0.2, 0.25) is 5.02 Å². The third kappa shape index (κ3) is 4.80. The van der Waals surface area contributed by atoms with Gasteiger partial charge in [0.15, 0.2) is 0 Å². The summed E-state index contributed by atoms with van der Waals surface area (Å²) in [4.78, 5) is 21.3. The lowest BCUT2D eigenvalue weighted by Gasteiger charge is -2.35. The van der Waals surface area contributed by atoms with E-state index in [9.17, 15) is 4.79 Å². The Hall–Kier alpha value is -2.79.